The predicted molar refractivity (Wildman–Crippen MR) is 52.9 cm³/mol. The first-order valence-corrected chi connectivity index (χ1v) is 4.60. The Hall–Kier alpha value is -1.43. The Morgan fingerprint density at radius 2 is 2.36 bits per heavy atom. The average Bonchev–Trinajstić information content (AvgIpc) is 2.59. The van der Waals surface area contributed by atoms with E-state index < -0.39 is 5.97 Å². The van der Waals surface area contributed by atoms with Crippen LogP contribution in [0.2, 0.25) is 0 Å². The van der Waals surface area contributed by atoms with Gasteiger partial charge in [0.15, 0.2) is 5.69 Å². The van der Waals surface area contributed by atoms with Gasteiger partial charge in [-0.3, -0.25) is 5.10 Å². The molecule has 2 rings (SSSR count). The molecule has 0 unspecified atom stereocenters. The molecule has 1 N–H and O–H groups in total. The highest BCUT2D eigenvalue weighted by Gasteiger charge is 2.15. The molecule has 0 aliphatic carbocycles. The number of H-pyrrole nitrogens is 1. The number of halogens is 1. The number of nitrogens with zero attached hydrogens (tertiary/aromatic N) is 2. The van der Waals surface area contributed by atoms with E-state index in [4.69, 9.17) is 0 Å². The monoisotopic (exact) mass is 255 g/mol. The number of aromatic amines is 1. The lowest BCUT2D eigenvalue weighted by Crippen LogP contribution is -2.02. The quantitative estimate of drug-likeness (QED) is 0.620. The van der Waals surface area contributed by atoms with Crippen molar-refractivity contribution in [1.82, 2.24) is 15.2 Å². The molecule has 0 aliphatic heterocycles. The van der Waals surface area contributed by atoms with E-state index in [1.54, 1.807) is 12.1 Å². The number of carbonyl (C=O) groups is 1. The van der Waals surface area contributed by atoms with Crippen LogP contribution in [0.1, 0.15) is 10.5 Å². The molecule has 0 fully saturated rings. The fourth-order valence-electron chi connectivity index (χ4n) is 1.11. The number of methoxy groups -OCH3 is 1. The first-order valence-electron chi connectivity index (χ1n) is 3.81. The number of aromatic nitrogens is 3. The van der Waals surface area contributed by atoms with E-state index in [0.29, 0.717) is 15.6 Å². The Kier molecular flexibility index (Phi) is 2.20. The number of pyridine rings is 1. The van der Waals surface area contributed by atoms with Crippen molar-refractivity contribution in [2.45, 2.75) is 0 Å². The van der Waals surface area contributed by atoms with Gasteiger partial charge in [0, 0.05) is 0 Å². The van der Waals surface area contributed by atoms with Crippen molar-refractivity contribution < 1.29 is 9.53 Å². The van der Waals surface area contributed by atoms with Crippen molar-refractivity contribution in [3.63, 3.8) is 0 Å². The molecule has 0 amide bonds. The largest absolute Gasteiger partial charge is 0.464 e. The van der Waals surface area contributed by atoms with Crippen molar-refractivity contribution in [2.75, 3.05) is 7.11 Å². The minimum absolute atomic E-state index is 0.198. The summed E-state index contributed by atoms with van der Waals surface area (Å²) in [5, 5.41) is 6.52. The molecule has 0 saturated carbocycles. The summed E-state index contributed by atoms with van der Waals surface area (Å²) in [6.45, 7) is 0. The van der Waals surface area contributed by atoms with Crippen LogP contribution in [0.3, 0.4) is 0 Å². The topological polar surface area (TPSA) is 67.9 Å². The van der Waals surface area contributed by atoms with E-state index >= 15 is 0 Å². The number of hydrogen-bond donors (Lipinski definition) is 1. The summed E-state index contributed by atoms with van der Waals surface area (Å²) >= 11 is 3.22. The zero-order chi connectivity index (χ0) is 10.1. The lowest BCUT2D eigenvalue weighted by molar-refractivity contribution is 0.0596. The Labute approximate surface area is 87.6 Å². The van der Waals surface area contributed by atoms with Crippen LogP contribution in [0, 0.1) is 0 Å². The van der Waals surface area contributed by atoms with Crippen LogP contribution in [0.4, 0.5) is 0 Å². The Morgan fingerprint density at radius 3 is 3.07 bits per heavy atom. The van der Waals surface area contributed by atoms with E-state index in [2.05, 4.69) is 35.8 Å². The highest BCUT2D eigenvalue weighted by molar-refractivity contribution is 9.10. The van der Waals surface area contributed by atoms with Gasteiger partial charge in [-0.2, -0.15) is 5.10 Å². The average molecular weight is 256 g/mol. The van der Waals surface area contributed by atoms with Gasteiger partial charge in [0.2, 0.25) is 0 Å². The van der Waals surface area contributed by atoms with E-state index in [9.17, 15) is 4.79 Å². The SMILES string of the molecule is COC(=O)c1n[nH]c2ccc(Br)nc12. The number of carbonyl (C=O) groups excluding carboxylic acids is 1. The van der Waals surface area contributed by atoms with E-state index in [1.165, 1.54) is 7.11 Å². The maximum Gasteiger partial charge on any atom is 0.360 e. The molecule has 2 heterocycles. The van der Waals surface area contributed by atoms with Crippen LogP contribution in [-0.4, -0.2) is 28.3 Å². The number of nitrogens with one attached hydrogen (secondary N) is 1. The lowest BCUT2D eigenvalue weighted by Gasteiger charge is -1.94. The van der Waals surface area contributed by atoms with Crippen molar-refractivity contribution in [3.8, 4) is 0 Å². The van der Waals surface area contributed by atoms with Crippen LogP contribution < -0.4 is 0 Å². The van der Waals surface area contributed by atoms with Gasteiger partial charge in [0.1, 0.15) is 10.1 Å². The Bertz CT molecular complexity index is 494. The molecule has 72 valence electrons. The molecule has 5 nitrogen and oxygen atoms in total. The summed E-state index contributed by atoms with van der Waals surface area (Å²) in [6, 6.07) is 3.55. The van der Waals surface area contributed by atoms with Crippen molar-refractivity contribution in [1.29, 1.82) is 0 Å². The smallest absolute Gasteiger partial charge is 0.360 e. The molecule has 14 heavy (non-hydrogen) atoms. The maximum atomic E-state index is 11.2. The van der Waals surface area contributed by atoms with Crippen molar-refractivity contribution >= 4 is 32.9 Å². The van der Waals surface area contributed by atoms with Crippen LogP contribution in [0.25, 0.3) is 11.0 Å². The molecule has 0 atom stereocenters. The van der Waals surface area contributed by atoms with Crippen LogP contribution >= 0.6 is 15.9 Å². The molecule has 0 aromatic carbocycles. The molecule has 0 saturated heterocycles. The Balaban J connectivity index is 2.67. The van der Waals surface area contributed by atoms with Crippen LogP contribution in [0.15, 0.2) is 16.7 Å². The third-order valence-corrected chi connectivity index (χ3v) is 2.19. The maximum absolute atomic E-state index is 11.2. The molecule has 2 aromatic heterocycles. The second kappa shape index (κ2) is 3.38. The first-order chi connectivity index (χ1) is 6.72. The number of rotatable bonds is 1. The van der Waals surface area contributed by atoms with Crippen molar-refractivity contribution in [2.24, 2.45) is 0 Å². The van der Waals surface area contributed by atoms with E-state index in [0.717, 1.165) is 0 Å². The lowest BCUT2D eigenvalue weighted by atomic mass is 10.3. The minimum atomic E-state index is -0.498. The van der Waals surface area contributed by atoms with Crippen molar-refractivity contribution in [3.05, 3.63) is 22.4 Å². The number of ether oxygens (including phenoxy) is 1. The number of hydrogen-bond acceptors (Lipinski definition) is 4. The standard InChI is InChI=1S/C8H6BrN3O2/c1-14-8(13)7-6-4(11-12-7)2-3-5(9)10-6/h2-3H,1H3,(H,11,12). The Morgan fingerprint density at radius 1 is 1.57 bits per heavy atom. The summed E-state index contributed by atoms with van der Waals surface area (Å²) in [7, 11) is 1.31. The number of esters is 1. The molecule has 0 spiro atoms. The van der Waals surface area contributed by atoms with Gasteiger partial charge in [-0.05, 0) is 28.1 Å². The highest BCUT2D eigenvalue weighted by Crippen LogP contribution is 2.17. The fourth-order valence-corrected chi connectivity index (χ4v) is 1.42. The highest BCUT2D eigenvalue weighted by atomic mass is 79.9. The zero-order valence-electron chi connectivity index (χ0n) is 7.24. The third-order valence-electron chi connectivity index (χ3n) is 1.75. The molecule has 0 bridgehead atoms. The first kappa shape index (κ1) is 9.14. The molecular formula is C8H6BrN3O2. The van der Waals surface area contributed by atoms with Gasteiger partial charge < -0.3 is 4.74 Å². The van der Waals surface area contributed by atoms with Gasteiger partial charge in [-0.25, -0.2) is 9.78 Å². The molecule has 2 aromatic rings. The summed E-state index contributed by atoms with van der Waals surface area (Å²) in [5.41, 5.74) is 1.41. The van der Waals surface area contributed by atoms with Gasteiger partial charge in [-0.1, -0.05) is 0 Å². The third kappa shape index (κ3) is 1.37. The van der Waals surface area contributed by atoms with E-state index in [1.807, 2.05) is 0 Å². The molecule has 0 aliphatic rings. The molecule has 0 radical (unpaired) electrons. The predicted octanol–water partition coefficient (Wildman–Crippen LogP) is 1.51. The summed E-state index contributed by atoms with van der Waals surface area (Å²) < 4.78 is 5.22. The second-order valence-corrected chi connectivity index (χ2v) is 3.41. The minimum Gasteiger partial charge on any atom is -0.464 e. The summed E-state index contributed by atoms with van der Waals surface area (Å²) in [5.74, 6) is -0.498. The van der Waals surface area contributed by atoms with E-state index in [-0.39, 0.29) is 5.69 Å². The molecular weight excluding hydrogens is 250 g/mol. The van der Waals surface area contributed by atoms with Gasteiger partial charge in [-0.15, -0.1) is 0 Å². The zero-order valence-corrected chi connectivity index (χ0v) is 8.83. The fraction of sp³-hybridized carbons (Fsp3) is 0.125. The number of fused-ring (bicyclic) bond motifs is 1. The second-order valence-electron chi connectivity index (χ2n) is 2.59. The summed E-state index contributed by atoms with van der Waals surface area (Å²) in [6.07, 6.45) is 0. The van der Waals surface area contributed by atoms with Gasteiger partial charge in [0.05, 0.1) is 12.6 Å². The van der Waals surface area contributed by atoms with Crippen LogP contribution in [0.5, 0.6) is 0 Å². The molecule has 6 heteroatoms. The summed E-state index contributed by atoms with van der Waals surface area (Å²) in [4.78, 5) is 15.4. The van der Waals surface area contributed by atoms with Crippen LogP contribution in [-0.2, 0) is 4.74 Å². The normalized spacial score (nSPS) is 10.4. The van der Waals surface area contributed by atoms with Gasteiger partial charge >= 0.3 is 5.97 Å². The van der Waals surface area contributed by atoms with Gasteiger partial charge in [0.25, 0.3) is 0 Å².